The van der Waals surface area contributed by atoms with Crippen molar-refractivity contribution in [2.45, 2.75) is 18.0 Å². The van der Waals surface area contributed by atoms with Gasteiger partial charge in [0.2, 0.25) is 5.91 Å². The van der Waals surface area contributed by atoms with Gasteiger partial charge in [-0.3, -0.25) is 4.79 Å². The number of hydrogen-bond acceptors (Lipinski definition) is 4. The fraction of sp³-hybridized carbons (Fsp3) is 0.211. The Morgan fingerprint density at radius 2 is 1.81 bits per heavy atom. The van der Waals surface area contributed by atoms with E-state index in [2.05, 4.69) is 27.6 Å². The molecule has 0 saturated carbocycles. The minimum atomic E-state index is -0.451. The molecule has 5 nitrogen and oxygen atoms in total. The number of carbonyl (C=O) groups excluding carboxylic acids is 1. The Morgan fingerprint density at radius 1 is 1.08 bits per heavy atom. The van der Waals surface area contributed by atoms with E-state index in [9.17, 15) is 9.18 Å². The predicted molar refractivity (Wildman–Crippen MR) is 101 cm³/mol. The summed E-state index contributed by atoms with van der Waals surface area (Å²) in [7, 11) is 1.89. The van der Waals surface area contributed by atoms with Gasteiger partial charge in [0.1, 0.15) is 11.6 Å². The summed E-state index contributed by atoms with van der Waals surface area (Å²) in [5.41, 5.74) is 1.42. The molecular formula is C19H19FN4OS. The Bertz CT molecular complexity index is 882. The minimum absolute atomic E-state index is 0.138. The van der Waals surface area contributed by atoms with Gasteiger partial charge in [0.05, 0.1) is 11.4 Å². The highest BCUT2D eigenvalue weighted by molar-refractivity contribution is 7.99. The summed E-state index contributed by atoms with van der Waals surface area (Å²) in [4.78, 5) is 12.0. The Kier molecular flexibility index (Phi) is 6.01. The van der Waals surface area contributed by atoms with Crippen molar-refractivity contribution in [1.82, 2.24) is 14.8 Å². The summed E-state index contributed by atoms with van der Waals surface area (Å²) in [6, 6.07) is 16.3. The van der Waals surface area contributed by atoms with E-state index in [0.717, 1.165) is 18.7 Å². The number of anilines is 1. The zero-order valence-corrected chi connectivity index (χ0v) is 15.2. The van der Waals surface area contributed by atoms with Crippen LogP contribution in [0.5, 0.6) is 0 Å². The van der Waals surface area contributed by atoms with Crippen molar-refractivity contribution in [3.63, 3.8) is 0 Å². The second-order valence-electron chi connectivity index (χ2n) is 5.76. The van der Waals surface area contributed by atoms with Gasteiger partial charge >= 0.3 is 0 Å². The predicted octanol–water partition coefficient (Wildman–Crippen LogP) is 3.47. The van der Waals surface area contributed by atoms with Crippen LogP contribution in [-0.2, 0) is 24.7 Å². The Labute approximate surface area is 155 Å². The molecule has 0 atom stereocenters. The fourth-order valence-electron chi connectivity index (χ4n) is 2.47. The van der Waals surface area contributed by atoms with E-state index in [-0.39, 0.29) is 17.3 Å². The monoisotopic (exact) mass is 370 g/mol. The number of aromatic nitrogens is 3. The van der Waals surface area contributed by atoms with Gasteiger partial charge in [0.25, 0.3) is 0 Å². The van der Waals surface area contributed by atoms with Crippen LogP contribution >= 0.6 is 11.8 Å². The van der Waals surface area contributed by atoms with Crippen LogP contribution in [-0.4, -0.2) is 26.4 Å². The van der Waals surface area contributed by atoms with E-state index in [1.807, 2.05) is 29.8 Å². The molecule has 0 saturated heterocycles. The van der Waals surface area contributed by atoms with Crippen LogP contribution in [0.1, 0.15) is 11.4 Å². The van der Waals surface area contributed by atoms with E-state index in [0.29, 0.717) is 5.16 Å². The number of aryl methyl sites for hydroxylation is 2. The number of para-hydroxylation sites is 1. The van der Waals surface area contributed by atoms with Crippen LogP contribution < -0.4 is 5.32 Å². The summed E-state index contributed by atoms with van der Waals surface area (Å²) < 4.78 is 15.5. The highest BCUT2D eigenvalue weighted by Gasteiger charge is 2.12. The largest absolute Gasteiger partial charge is 0.323 e. The lowest BCUT2D eigenvalue weighted by Gasteiger charge is -2.06. The number of rotatable bonds is 7. The SMILES string of the molecule is Cn1c(CCc2ccccc2)nnc1SCC(=O)Nc1ccccc1F. The molecule has 7 heteroatoms. The third kappa shape index (κ3) is 4.70. The zero-order valence-electron chi connectivity index (χ0n) is 14.4. The Hall–Kier alpha value is -2.67. The molecule has 0 spiro atoms. The number of nitrogens with one attached hydrogen (secondary N) is 1. The van der Waals surface area contributed by atoms with Gasteiger partial charge in [0, 0.05) is 13.5 Å². The highest BCUT2D eigenvalue weighted by Crippen LogP contribution is 2.18. The number of carbonyl (C=O) groups is 1. The third-order valence-electron chi connectivity index (χ3n) is 3.89. The van der Waals surface area contributed by atoms with Crippen LogP contribution in [0.25, 0.3) is 0 Å². The second-order valence-corrected chi connectivity index (χ2v) is 6.70. The molecule has 0 fully saturated rings. The lowest BCUT2D eigenvalue weighted by molar-refractivity contribution is -0.113. The molecular weight excluding hydrogens is 351 g/mol. The first kappa shape index (κ1) is 18.1. The van der Waals surface area contributed by atoms with Crippen LogP contribution in [0.15, 0.2) is 59.8 Å². The average Bonchev–Trinajstić information content (AvgIpc) is 3.01. The quantitative estimate of drug-likeness (QED) is 0.647. The van der Waals surface area contributed by atoms with Crippen molar-refractivity contribution in [3.05, 3.63) is 71.8 Å². The molecule has 1 N–H and O–H groups in total. The van der Waals surface area contributed by atoms with Crippen molar-refractivity contribution in [2.24, 2.45) is 7.05 Å². The van der Waals surface area contributed by atoms with Crippen molar-refractivity contribution < 1.29 is 9.18 Å². The summed E-state index contributed by atoms with van der Waals surface area (Å²) in [5.74, 6) is 0.270. The molecule has 1 amide bonds. The molecule has 0 aliphatic heterocycles. The van der Waals surface area contributed by atoms with E-state index >= 15 is 0 Å². The number of benzene rings is 2. The molecule has 0 radical (unpaired) electrons. The molecule has 1 heterocycles. The average molecular weight is 370 g/mol. The molecule has 134 valence electrons. The maximum atomic E-state index is 13.6. The Morgan fingerprint density at radius 3 is 2.58 bits per heavy atom. The van der Waals surface area contributed by atoms with Crippen LogP contribution in [0, 0.1) is 5.82 Å². The molecule has 3 rings (SSSR count). The number of hydrogen-bond donors (Lipinski definition) is 1. The van der Waals surface area contributed by atoms with E-state index in [1.54, 1.807) is 12.1 Å². The van der Waals surface area contributed by atoms with Crippen molar-refractivity contribution in [1.29, 1.82) is 0 Å². The molecule has 3 aromatic rings. The van der Waals surface area contributed by atoms with Gasteiger partial charge in [-0.15, -0.1) is 10.2 Å². The van der Waals surface area contributed by atoms with E-state index in [1.165, 1.54) is 29.5 Å². The lowest BCUT2D eigenvalue weighted by Crippen LogP contribution is -2.15. The van der Waals surface area contributed by atoms with Gasteiger partial charge in [-0.05, 0) is 24.1 Å². The lowest BCUT2D eigenvalue weighted by atomic mass is 10.1. The maximum Gasteiger partial charge on any atom is 0.234 e. The van der Waals surface area contributed by atoms with Gasteiger partial charge in [0.15, 0.2) is 5.16 Å². The minimum Gasteiger partial charge on any atom is -0.323 e. The van der Waals surface area contributed by atoms with Gasteiger partial charge in [-0.1, -0.05) is 54.2 Å². The topological polar surface area (TPSA) is 59.8 Å². The first-order valence-corrected chi connectivity index (χ1v) is 9.21. The molecule has 0 bridgehead atoms. The number of nitrogens with zero attached hydrogens (tertiary/aromatic N) is 3. The number of halogens is 1. The zero-order chi connectivity index (χ0) is 18.4. The molecule has 26 heavy (non-hydrogen) atoms. The first-order valence-electron chi connectivity index (χ1n) is 8.23. The first-order chi connectivity index (χ1) is 12.6. The summed E-state index contributed by atoms with van der Waals surface area (Å²) in [6.45, 7) is 0. The maximum absolute atomic E-state index is 13.6. The number of thioether (sulfide) groups is 1. The summed E-state index contributed by atoms with van der Waals surface area (Å²) >= 11 is 1.28. The van der Waals surface area contributed by atoms with Crippen molar-refractivity contribution in [2.75, 3.05) is 11.1 Å². The van der Waals surface area contributed by atoms with Gasteiger partial charge in [-0.2, -0.15) is 0 Å². The van der Waals surface area contributed by atoms with Crippen molar-refractivity contribution in [3.8, 4) is 0 Å². The molecule has 1 aromatic heterocycles. The Balaban J connectivity index is 1.53. The molecule has 0 unspecified atom stereocenters. The van der Waals surface area contributed by atoms with E-state index in [4.69, 9.17) is 0 Å². The summed E-state index contributed by atoms with van der Waals surface area (Å²) in [5, 5.41) is 11.6. The van der Waals surface area contributed by atoms with E-state index < -0.39 is 5.82 Å². The highest BCUT2D eigenvalue weighted by atomic mass is 32.2. The van der Waals surface area contributed by atoms with Crippen LogP contribution in [0.2, 0.25) is 0 Å². The van der Waals surface area contributed by atoms with Crippen LogP contribution in [0.3, 0.4) is 0 Å². The van der Waals surface area contributed by atoms with Gasteiger partial charge < -0.3 is 9.88 Å². The molecule has 2 aromatic carbocycles. The summed E-state index contributed by atoms with van der Waals surface area (Å²) in [6.07, 6.45) is 1.65. The number of amides is 1. The fourth-order valence-corrected chi connectivity index (χ4v) is 3.20. The smallest absolute Gasteiger partial charge is 0.234 e. The second kappa shape index (κ2) is 8.62. The van der Waals surface area contributed by atoms with Gasteiger partial charge in [-0.25, -0.2) is 4.39 Å². The van der Waals surface area contributed by atoms with Crippen LogP contribution in [0.4, 0.5) is 10.1 Å². The normalized spacial score (nSPS) is 10.7. The standard InChI is InChI=1S/C19H19FN4OS/c1-24-17(12-11-14-7-3-2-4-8-14)22-23-19(24)26-13-18(25)21-16-10-6-5-9-15(16)20/h2-10H,11-13H2,1H3,(H,21,25). The van der Waals surface area contributed by atoms with Crippen molar-refractivity contribution >= 4 is 23.4 Å². The molecule has 0 aliphatic rings. The third-order valence-corrected chi connectivity index (χ3v) is 4.91. The molecule has 0 aliphatic carbocycles.